The first-order chi connectivity index (χ1) is 12.2. The van der Waals surface area contributed by atoms with Gasteiger partial charge in [-0.25, -0.2) is 0 Å². The van der Waals surface area contributed by atoms with E-state index in [1.165, 1.54) is 40.7 Å². The highest BCUT2D eigenvalue weighted by Crippen LogP contribution is 2.46. The van der Waals surface area contributed by atoms with Gasteiger partial charge in [-0.3, -0.25) is 0 Å². The number of benzene rings is 2. The van der Waals surface area contributed by atoms with E-state index in [-0.39, 0.29) is 0 Å². The van der Waals surface area contributed by atoms with E-state index >= 15 is 0 Å². The van der Waals surface area contributed by atoms with Crippen LogP contribution in [0.15, 0.2) is 73.0 Å². The number of fused-ring (bicyclic) bond motifs is 3. The topological polar surface area (TPSA) is 12.0 Å². The highest BCUT2D eigenvalue weighted by Gasteiger charge is 2.27. The number of hydrogen-bond acceptors (Lipinski definition) is 1. The second kappa shape index (κ2) is 8.20. The van der Waals surface area contributed by atoms with Crippen LogP contribution in [-0.2, 0) is 0 Å². The monoisotopic (exact) mass is 331 g/mol. The summed E-state index contributed by atoms with van der Waals surface area (Å²) in [5.74, 6) is 0.495. The molecule has 0 spiro atoms. The summed E-state index contributed by atoms with van der Waals surface area (Å²) in [6, 6.07) is 17.7. The Morgan fingerprint density at radius 3 is 2.08 bits per heavy atom. The first-order valence-electron chi connectivity index (χ1n) is 9.41. The average Bonchev–Trinajstić information content (AvgIpc) is 2.93. The van der Waals surface area contributed by atoms with Gasteiger partial charge in [-0.15, -0.1) is 6.58 Å². The Balaban J connectivity index is 1.55. The quantitative estimate of drug-likeness (QED) is 0.412. The van der Waals surface area contributed by atoms with Gasteiger partial charge in [-0.05, 0) is 61.3 Å². The minimum absolute atomic E-state index is 0.495. The molecule has 130 valence electrons. The van der Waals surface area contributed by atoms with Crippen molar-refractivity contribution in [1.29, 1.82) is 0 Å². The number of nitrogens with one attached hydrogen (secondary N) is 1. The molecule has 2 aromatic carbocycles. The lowest BCUT2D eigenvalue weighted by Gasteiger charge is -2.15. The van der Waals surface area contributed by atoms with Gasteiger partial charge in [0.25, 0.3) is 0 Å². The van der Waals surface area contributed by atoms with Gasteiger partial charge in [0.2, 0.25) is 0 Å². The maximum Gasteiger partial charge on any atom is 0.0143 e. The molecule has 0 aromatic heterocycles. The predicted molar refractivity (Wildman–Crippen MR) is 109 cm³/mol. The molecule has 25 heavy (non-hydrogen) atoms. The van der Waals surface area contributed by atoms with E-state index in [0.717, 1.165) is 31.5 Å². The van der Waals surface area contributed by atoms with Crippen LogP contribution in [0.3, 0.4) is 0 Å². The third-order valence-corrected chi connectivity index (χ3v) is 5.10. The Labute approximate surface area is 152 Å². The van der Waals surface area contributed by atoms with Crippen LogP contribution in [0.1, 0.15) is 56.1 Å². The molecule has 0 saturated heterocycles. The second-order valence-electron chi connectivity index (χ2n) is 7.21. The molecule has 2 aromatic rings. The number of rotatable bonds is 9. The molecule has 0 saturated carbocycles. The maximum atomic E-state index is 4.23. The summed E-state index contributed by atoms with van der Waals surface area (Å²) in [5, 5.41) is 3.50. The zero-order valence-electron chi connectivity index (χ0n) is 15.4. The van der Waals surface area contributed by atoms with E-state index in [0.29, 0.717) is 5.92 Å². The third-order valence-electron chi connectivity index (χ3n) is 5.10. The van der Waals surface area contributed by atoms with Gasteiger partial charge in [0.1, 0.15) is 0 Å². The van der Waals surface area contributed by atoms with Crippen molar-refractivity contribution < 1.29 is 0 Å². The highest BCUT2D eigenvalue weighted by atomic mass is 14.9. The molecule has 0 radical (unpaired) electrons. The minimum Gasteiger partial charge on any atom is -0.389 e. The summed E-state index contributed by atoms with van der Waals surface area (Å²) < 4.78 is 0. The molecular formula is C24H29N. The molecule has 0 unspecified atom stereocenters. The fraction of sp³-hybridized carbons (Fsp3) is 0.333. The van der Waals surface area contributed by atoms with Crippen LogP contribution in [0.5, 0.6) is 0 Å². The normalized spacial score (nSPS) is 12.5. The minimum atomic E-state index is 0.495. The van der Waals surface area contributed by atoms with E-state index in [9.17, 15) is 0 Å². The van der Waals surface area contributed by atoms with E-state index < -0.39 is 0 Å². The Morgan fingerprint density at radius 2 is 1.48 bits per heavy atom. The van der Waals surface area contributed by atoms with Crippen LogP contribution in [-0.4, -0.2) is 6.54 Å². The van der Waals surface area contributed by atoms with Gasteiger partial charge in [0, 0.05) is 18.2 Å². The average molecular weight is 332 g/mol. The summed E-state index contributed by atoms with van der Waals surface area (Å²) in [7, 11) is 0. The lowest BCUT2D eigenvalue weighted by atomic mass is 9.92. The van der Waals surface area contributed by atoms with Gasteiger partial charge >= 0.3 is 0 Å². The van der Waals surface area contributed by atoms with Gasteiger partial charge in [-0.2, -0.15) is 0 Å². The summed E-state index contributed by atoms with van der Waals surface area (Å²) in [4.78, 5) is 0. The molecule has 0 amide bonds. The van der Waals surface area contributed by atoms with Gasteiger partial charge < -0.3 is 5.32 Å². The van der Waals surface area contributed by atoms with Crippen molar-refractivity contribution in [1.82, 2.24) is 5.32 Å². The van der Waals surface area contributed by atoms with Crippen LogP contribution < -0.4 is 5.32 Å². The molecule has 0 aliphatic heterocycles. The van der Waals surface area contributed by atoms with Crippen LogP contribution in [0.25, 0.3) is 11.1 Å². The SMILES string of the molecule is C=C(C)CCCCNC(=C)CCC1c2ccccc2-c2ccccc21. The van der Waals surface area contributed by atoms with Crippen LogP contribution >= 0.6 is 0 Å². The van der Waals surface area contributed by atoms with Crippen molar-refractivity contribution in [3.05, 3.63) is 84.1 Å². The molecule has 0 heterocycles. The Kier molecular flexibility index (Phi) is 5.75. The van der Waals surface area contributed by atoms with Crippen molar-refractivity contribution in [2.45, 2.75) is 44.9 Å². The molecule has 0 bridgehead atoms. The van der Waals surface area contributed by atoms with E-state index in [2.05, 4.69) is 73.9 Å². The van der Waals surface area contributed by atoms with Gasteiger partial charge in [0.15, 0.2) is 0 Å². The zero-order valence-corrected chi connectivity index (χ0v) is 15.4. The summed E-state index contributed by atoms with van der Waals surface area (Å²) in [6.07, 6.45) is 5.66. The molecule has 3 rings (SSSR count). The fourth-order valence-electron chi connectivity index (χ4n) is 3.79. The standard InChI is InChI=1S/C24H29N/c1-18(2)10-8-9-17-25-19(3)15-16-24-22-13-6-4-11-20(22)21-12-5-7-14-23(21)24/h4-7,11-14,24-25H,1,3,8-10,15-17H2,2H3. The van der Waals surface area contributed by atoms with Crippen LogP contribution in [0.2, 0.25) is 0 Å². The predicted octanol–water partition coefficient (Wildman–Crippen LogP) is 6.43. The summed E-state index contributed by atoms with van der Waals surface area (Å²) in [5.41, 5.74) is 8.19. The Hall–Kier alpha value is -2.28. The Bertz CT molecular complexity index is 711. The summed E-state index contributed by atoms with van der Waals surface area (Å²) >= 11 is 0. The highest BCUT2D eigenvalue weighted by molar-refractivity contribution is 5.78. The molecule has 0 fully saturated rings. The van der Waals surface area contributed by atoms with E-state index in [4.69, 9.17) is 0 Å². The Morgan fingerprint density at radius 1 is 0.880 bits per heavy atom. The molecule has 1 heteroatoms. The second-order valence-corrected chi connectivity index (χ2v) is 7.21. The molecule has 1 aliphatic carbocycles. The number of hydrogen-bond donors (Lipinski definition) is 1. The van der Waals surface area contributed by atoms with Crippen LogP contribution in [0, 0.1) is 0 Å². The molecule has 1 N–H and O–H groups in total. The molecule has 1 aliphatic rings. The van der Waals surface area contributed by atoms with Crippen LogP contribution in [0.4, 0.5) is 0 Å². The van der Waals surface area contributed by atoms with Crippen molar-refractivity contribution in [3.63, 3.8) is 0 Å². The lowest BCUT2D eigenvalue weighted by molar-refractivity contribution is 0.634. The van der Waals surface area contributed by atoms with Gasteiger partial charge in [0.05, 0.1) is 0 Å². The van der Waals surface area contributed by atoms with Gasteiger partial charge in [-0.1, -0.05) is 60.7 Å². The number of unbranched alkanes of at least 4 members (excludes halogenated alkanes) is 1. The summed E-state index contributed by atoms with van der Waals surface area (Å²) in [6.45, 7) is 11.3. The molecule has 1 nitrogen and oxygen atoms in total. The smallest absolute Gasteiger partial charge is 0.0143 e. The number of allylic oxidation sites excluding steroid dienone is 2. The maximum absolute atomic E-state index is 4.23. The van der Waals surface area contributed by atoms with Crippen molar-refractivity contribution >= 4 is 0 Å². The largest absolute Gasteiger partial charge is 0.389 e. The first kappa shape index (κ1) is 17.5. The van der Waals surface area contributed by atoms with Crippen molar-refractivity contribution in [3.8, 4) is 11.1 Å². The third kappa shape index (κ3) is 4.22. The van der Waals surface area contributed by atoms with E-state index in [1.807, 2.05) is 0 Å². The zero-order chi connectivity index (χ0) is 17.6. The molecular weight excluding hydrogens is 302 g/mol. The fourth-order valence-corrected chi connectivity index (χ4v) is 3.79. The van der Waals surface area contributed by atoms with Crippen molar-refractivity contribution in [2.24, 2.45) is 0 Å². The van der Waals surface area contributed by atoms with Crippen molar-refractivity contribution in [2.75, 3.05) is 6.54 Å². The first-order valence-corrected chi connectivity index (χ1v) is 9.41. The lowest BCUT2D eigenvalue weighted by Crippen LogP contribution is -2.14. The van der Waals surface area contributed by atoms with E-state index in [1.54, 1.807) is 0 Å². The molecule has 0 atom stereocenters.